The van der Waals surface area contributed by atoms with E-state index in [9.17, 15) is 4.79 Å². The highest BCUT2D eigenvalue weighted by atomic mass is 35.5. The smallest absolute Gasteiger partial charge is 0.225 e. The number of nitrogens with one attached hydrogen (secondary N) is 1. The third kappa shape index (κ3) is 5.01. The summed E-state index contributed by atoms with van der Waals surface area (Å²) in [6.07, 6.45) is 3.91. The number of likely N-dealkylation sites (N-methyl/N-ethyl adjacent to an activating group) is 1. The Balaban J connectivity index is 0.00000220. The van der Waals surface area contributed by atoms with Crippen LogP contribution in [0, 0.1) is 5.92 Å². The number of amides is 1. The first-order valence-corrected chi connectivity index (χ1v) is 7.73. The molecular formula is C17H27ClN2O. The standard InChI is InChI=1S/C17H26N2O.ClH/c1-3-16(13-14-7-5-4-6-8-14)19(2)17(20)15-9-11-18-12-10-15;/h4-8,15-16,18H,3,9-13H2,1-2H3;1H. The van der Waals surface area contributed by atoms with Crippen molar-refractivity contribution in [3.8, 4) is 0 Å². The van der Waals surface area contributed by atoms with Crippen molar-refractivity contribution in [3.63, 3.8) is 0 Å². The maximum absolute atomic E-state index is 12.6. The average molecular weight is 311 g/mol. The van der Waals surface area contributed by atoms with E-state index in [0.29, 0.717) is 11.9 Å². The summed E-state index contributed by atoms with van der Waals surface area (Å²) in [5.74, 6) is 0.542. The predicted octanol–water partition coefficient (Wildman–Crippen LogP) is 2.89. The van der Waals surface area contributed by atoms with E-state index in [1.807, 2.05) is 18.0 Å². The fraction of sp³-hybridized carbons (Fsp3) is 0.588. The maximum atomic E-state index is 12.6. The van der Waals surface area contributed by atoms with Crippen molar-refractivity contribution in [1.29, 1.82) is 0 Å². The Morgan fingerprint density at radius 3 is 2.48 bits per heavy atom. The van der Waals surface area contributed by atoms with E-state index in [1.54, 1.807) is 0 Å². The summed E-state index contributed by atoms with van der Waals surface area (Å²) in [7, 11) is 1.97. The van der Waals surface area contributed by atoms with Crippen LogP contribution in [0.2, 0.25) is 0 Å². The highest BCUT2D eigenvalue weighted by molar-refractivity contribution is 5.85. The van der Waals surface area contributed by atoms with Gasteiger partial charge in [0.05, 0.1) is 0 Å². The second-order valence-electron chi connectivity index (χ2n) is 5.73. The van der Waals surface area contributed by atoms with Crippen molar-refractivity contribution in [3.05, 3.63) is 35.9 Å². The van der Waals surface area contributed by atoms with E-state index >= 15 is 0 Å². The second-order valence-corrected chi connectivity index (χ2v) is 5.73. The Kier molecular flexibility index (Phi) is 7.76. The minimum Gasteiger partial charge on any atom is -0.342 e. The van der Waals surface area contributed by atoms with E-state index in [0.717, 1.165) is 38.8 Å². The van der Waals surface area contributed by atoms with Crippen LogP contribution >= 0.6 is 12.4 Å². The number of piperidine rings is 1. The number of hydrogen-bond acceptors (Lipinski definition) is 2. The second kappa shape index (κ2) is 9.06. The Hall–Kier alpha value is -1.06. The quantitative estimate of drug-likeness (QED) is 0.907. The lowest BCUT2D eigenvalue weighted by molar-refractivity contribution is -0.137. The lowest BCUT2D eigenvalue weighted by atomic mass is 9.94. The summed E-state index contributed by atoms with van der Waals surface area (Å²) in [6, 6.07) is 10.8. The van der Waals surface area contributed by atoms with Crippen LogP contribution in [0.25, 0.3) is 0 Å². The van der Waals surface area contributed by atoms with Crippen molar-refractivity contribution in [2.45, 2.75) is 38.6 Å². The third-order valence-electron chi connectivity index (χ3n) is 4.37. The van der Waals surface area contributed by atoms with Crippen LogP contribution in [-0.2, 0) is 11.2 Å². The zero-order chi connectivity index (χ0) is 14.4. The molecule has 1 aliphatic rings. The third-order valence-corrected chi connectivity index (χ3v) is 4.37. The van der Waals surface area contributed by atoms with E-state index in [-0.39, 0.29) is 18.3 Å². The number of carbonyl (C=O) groups is 1. The molecule has 1 N–H and O–H groups in total. The summed E-state index contributed by atoms with van der Waals surface area (Å²) < 4.78 is 0. The number of benzene rings is 1. The zero-order valence-corrected chi connectivity index (χ0v) is 13.9. The first-order chi connectivity index (χ1) is 9.72. The molecule has 118 valence electrons. The first-order valence-electron chi connectivity index (χ1n) is 7.73. The molecule has 1 aromatic rings. The topological polar surface area (TPSA) is 32.3 Å². The predicted molar refractivity (Wildman–Crippen MR) is 89.8 cm³/mol. The Morgan fingerprint density at radius 1 is 1.29 bits per heavy atom. The van der Waals surface area contributed by atoms with Gasteiger partial charge in [-0.3, -0.25) is 4.79 Å². The molecule has 1 aliphatic heterocycles. The molecule has 0 aliphatic carbocycles. The lowest BCUT2D eigenvalue weighted by Gasteiger charge is -2.32. The maximum Gasteiger partial charge on any atom is 0.225 e. The minimum atomic E-state index is 0. The van der Waals surface area contributed by atoms with Crippen LogP contribution in [0.1, 0.15) is 31.7 Å². The van der Waals surface area contributed by atoms with Gasteiger partial charge in [-0.15, -0.1) is 12.4 Å². The van der Waals surface area contributed by atoms with Crippen molar-refractivity contribution >= 4 is 18.3 Å². The molecule has 0 aromatic heterocycles. The Morgan fingerprint density at radius 2 is 1.90 bits per heavy atom. The molecule has 0 radical (unpaired) electrons. The molecule has 1 heterocycles. The lowest BCUT2D eigenvalue weighted by Crippen LogP contribution is -2.44. The highest BCUT2D eigenvalue weighted by Crippen LogP contribution is 2.18. The summed E-state index contributed by atoms with van der Waals surface area (Å²) in [6.45, 7) is 4.11. The van der Waals surface area contributed by atoms with Crippen molar-refractivity contribution in [1.82, 2.24) is 10.2 Å². The van der Waals surface area contributed by atoms with E-state index in [4.69, 9.17) is 0 Å². The average Bonchev–Trinajstić information content (AvgIpc) is 2.53. The van der Waals surface area contributed by atoms with Gasteiger partial charge >= 0.3 is 0 Å². The van der Waals surface area contributed by atoms with Crippen LogP contribution in [0.4, 0.5) is 0 Å². The van der Waals surface area contributed by atoms with E-state index in [2.05, 4.69) is 36.5 Å². The number of carbonyl (C=O) groups excluding carboxylic acids is 1. The first kappa shape index (κ1) is 18.0. The van der Waals surface area contributed by atoms with Crippen LogP contribution in [0.3, 0.4) is 0 Å². The number of hydrogen-bond donors (Lipinski definition) is 1. The van der Waals surface area contributed by atoms with E-state index in [1.165, 1.54) is 5.56 Å². The summed E-state index contributed by atoms with van der Waals surface area (Å²) in [5, 5.41) is 3.32. The highest BCUT2D eigenvalue weighted by Gasteiger charge is 2.27. The van der Waals surface area contributed by atoms with Crippen molar-refractivity contribution < 1.29 is 4.79 Å². The van der Waals surface area contributed by atoms with Gasteiger partial charge < -0.3 is 10.2 Å². The van der Waals surface area contributed by atoms with Crippen molar-refractivity contribution in [2.75, 3.05) is 20.1 Å². The largest absolute Gasteiger partial charge is 0.342 e. The molecule has 1 aromatic carbocycles. The Bertz CT molecular complexity index is 418. The van der Waals surface area contributed by atoms with Gasteiger partial charge in [0, 0.05) is 19.0 Å². The number of nitrogens with zero attached hydrogens (tertiary/aromatic N) is 1. The summed E-state index contributed by atoms with van der Waals surface area (Å²) in [4.78, 5) is 14.6. The fourth-order valence-electron chi connectivity index (χ4n) is 2.98. The summed E-state index contributed by atoms with van der Waals surface area (Å²) in [5.41, 5.74) is 1.31. The number of rotatable bonds is 5. The normalized spacial score (nSPS) is 16.9. The molecule has 0 saturated carbocycles. The molecule has 3 nitrogen and oxygen atoms in total. The molecule has 1 atom stereocenters. The van der Waals surface area contributed by atoms with Gasteiger partial charge in [-0.25, -0.2) is 0 Å². The van der Waals surface area contributed by atoms with Crippen LogP contribution in [-0.4, -0.2) is 37.0 Å². The molecule has 4 heteroatoms. The minimum absolute atomic E-state index is 0. The van der Waals surface area contributed by atoms with Gasteiger partial charge in [0.15, 0.2) is 0 Å². The molecule has 0 spiro atoms. The molecule has 21 heavy (non-hydrogen) atoms. The molecule has 1 fully saturated rings. The molecule has 0 bridgehead atoms. The van der Waals surface area contributed by atoms with Gasteiger partial charge in [-0.05, 0) is 44.3 Å². The molecule has 2 rings (SSSR count). The van der Waals surface area contributed by atoms with Crippen LogP contribution < -0.4 is 5.32 Å². The number of halogens is 1. The molecule has 1 amide bonds. The van der Waals surface area contributed by atoms with Crippen LogP contribution in [0.5, 0.6) is 0 Å². The SMILES string of the molecule is CCC(Cc1ccccc1)N(C)C(=O)C1CCNCC1.Cl. The Labute approximate surface area is 134 Å². The molecule has 1 saturated heterocycles. The van der Waals surface area contributed by atoms with Gasteiger partial charge in [-0.1, -0.05) is 37.3 Å². The zero-order valence-electron chi connectivity index (χ0n) is 13.0. The fourth-order valence-corrected chi connectivity index (χ4v) is 2.98. The van der Waals surface area contributed by atoms with Gasteiger partial charge in [0.1, 0.15) is 0 Å². The van der Waals surface area contributed by atoms with Gasteiger partial charge in [0.2, 0.25) is 5.91 Å². The summed E-state index contributed by atoms with van der Waals surface area (Å²) >= 11 is 0. The molecular weight excluding hydrogens is 284 g/mol. The van der Waals surface area contributed by atoms with Crippen molar-refractivity contribution in [2.24, 2.45) is 5.92 Å². The van der Waals surface area contributed by atoms with Gasteiger partial charge in [0.25, 0.3) is 0 Å². The monoisotopic (exact) mass is 310 g/mol. The van der Waals surface area contributed by atoms with E-state index < -0.39 is 0 Å². The molecule has 1 unspecified atom stereocenters. The van der Waals surface area contributed by atoms with Gasteiger partial charge in [-0.2, -0.15) is 0 Å². The van der Waals surface area contributed by atoms with Crippen LogP contribution in [0.15, 0.2) is 30.3 Å².